The van der Waals surface area contributed by atoms with Gasteiger partial charge in [0.05, 0.1) is 5.69 Å². The van der Waals surface area contributed by atoms with Crippen molar-refractivity contribution >= 4 is 61.0 Å². The summed E-state index contributed by atoms with van der Waals surface area (Å²) in [5.74, 6) is 0. The molecule has 1 aliphatic rings. The number of rotatable bonds is 5. The zero-order valence-electron chi connectivity index (χ0n) is 27.5. The van der Waals surface area contributed by atoms with Crippen LogP contribution in [0.25, 0.3) is 55.1 Å². The lowest BCUT2D eigenvalue weighted by Crippen LogP contribution is -2.11. The van der Waals surface area contributed by atoms with Gasteiger partial charge in [-0.05, 0) is 118 Å². The van der Waals surface area contributed by atoms with Crippen molar-refractivity contribution in [3.05, 3.63) is 185 Å². The summed E-state index contributed by atoms with van der Waals surface area (Å²) in [6.07, 6.45) is 2.37. The second kappa shape index (κ2) is 11.1. The SMILES string of the molecule is Cc1ccc(N(c2ccc(C)cc2)c2c3ccccc3c(-c3cc(C)cc(C4=Cc5cccc6cccc4c56)c3)c3ccccc23)cc1. The first-order valence-corrected chi connectivity index (χ1v) is 16.8. The lowest BCUT2D eigenvalue weighted by atomic mass is 9.87. The van der Waals surface area contributed by atoms with Crippen molar-refractivity contribution in [3.63, 3.8) is 0 Å². The van der Waals surface area contributed by atoms with E-state index in [-0.39, 0.29) is 0 Å². The fraction of sp³-hybridized carbons (Fsp3) is 0.0638. The highest BCUT2D eigenvalue weighted by Gasteiger charge is 2.23. The van der Waals surface area contributed by atoms with Crippen LogP contribution in [0, 0.1) is 20.8 Å². The average Bonchev–Trinajstić information content (AvgIpc) is 3.50. The molecule has 9 rings (SSSR count). The van der Waals surface area contributed by atoms with E-state index < -0.39 is 0 Å². The van der Waals surface area contributed by atoms with Gasteiger partial charge >= 0.3 is 0 Å². The fourth-order valence-corrected chi connectivity index (χ4v) is 7.72. The predicted molar refractivity (Wildman–Crippen MR) is 207 cm³/mol. The van der Waals surface area contributed by atoms with E-state index in [0.717, 1.165) is 11.4 Å². The molecule has 8 aromatic carbocycles. The Hall–Kier alpha value is -5.92. The Morgan fingerprint density at radius 2 is 0.979 bits per heavy atom. The van der Waals surface area contributed by atoms with Crippen molar-refractivity contribution in [1.82, 2.24) is 0 Å². The van der Waals surface area contributed by atoms with Gasteiger partial charge in [0, 0.05) is 22.1 Å². The van der Waals surface area contributed by atoms with E-state index >= 15 is 0 Å². The molecular weight excluding hydrogens is 579 g/mol. The van der Waals surface area contributed by atoms with Crippen LogP contribution >= 0.6 is 0 Å². The van der Waals surface area contributed by atoms with Gasteiger partial charge in [0.25, 0.3) is 0 Å². The van der Waals surface area contributed by atoms with Crippen LogP contribution in [0.3, 0.4) is 0 Å². The van der Waals surface area contributed by atoms with Gasteiger partial charge in [0.1, 0.15) is 0 Å². The van der Waals surface area contributed by atoms with Gasteiger partial charge in [0.2, 0.25) is 0 Å². The van der Waals surface area contributed by atoms with Crippen LogP contribution in [0.5, 0.6) is 0 Å². The van der Waals surface area contributed by atoms with Crippen molar-refractivity contribution in [2.24, 2.45) is 0 Å². The van der Waals surface area contributed by atoms with E-state index in [1.165, 1.54) is 88.1 Å². The van der Waals surface area contributed by atoms with E-state index in [1.807, 2.05) is 0 Å². The first-order chi connectivity index (χ1) is 23.5. The highest BCUT2D eigenvalue weighted by molar-refractivity contribution is 6.22. The monoisotopic (exact) mass is 613 g/mol. The van der Waals surface area contributed by atoms with E-state index in [4.69, 9.17) is 0 Å². The third-order valence-electron chi connectivity index (χ3n) is 9.91. The highest BCUT2D eigenvalue weighted by Crippen LogP contribution is 2.49. The fourth-order valence-electron chi connectivity index (χ4n) is 7.72. The average molecular weight is 614 g/mol. The van der Waals surface area contributed by atoms with Gasteiger partial charge in [0.15, 0.2) is 0 Å². The third kappa shape index (κ3) is 4.54. The van der Waals surface area contributed by atoms with Crippen molar-refractivity contribution < 1.29 is 0 Å². The number of hydrogen-bond donors (Lipinski definition) is 0. The predicted octanol–water partition coefficient (Wildman–Crippen LogP) is 13.1. The van der Waals surface area contributed by atoms with Gasteiger partial charge in [-0.3, -0.25) is 0 Å². The maximum Gasteiger partial charge on any atom is 0.0618 e. The molecule has 48 heavy (non-hydrogen) atoms. The number of anilines is 3. The summed E-state index contributed by atoms with van der Waals surface area (Å²) in [5.41, 5.74) is 14.9. The van der Waals surface area contributed by atoms with Gasteiger partial charge in [-0.2, -0.15) is 0 Å². The number of nitrogens with zero attached hydrogens (tertiary/aromatic N) is 1. The summed E-state index contributed by atoms with van der Waals surface area (Å²) in [6, 6.07) is 56.1. The first-order valence-electron chi connectivity index (χ1n) is 16.8. The molecule has 228 valence electrons. The molecule has 0 bridgehead atoms. The van der Waals surface area contributed by atoms with Crippen LogP contribution in [0.15, 0.2) is 152 Å². The second-order valence-electron chi connectivity index (χ2n) is 13.2. The van der Waals surface area contributed by atoms with Crippen LogP contribution in [0.1, 0.15) is 33.4 Å². The molecule has 1 heteroatoms. The summed E-state index contributed by atoms with van der Waals surface area (Å²) in [6.45, 7) is 6.53. The minimum Gasteiger partial charge on any atom is -0.309 e. The topological polar surface area (TPSA) is 3.24 Å². The molecule has 0 atom stereocenters. The Morgan fingerprint density at radius 1 is 0.438 bits per heavy atom. The molecule has 0 aliphatic heterocycles. The van der Waals surface area contributed by atoms with E-state index in [9.17, 15) is 0 Å². The lowest BCUT2D eigenvalue weighted by Gasteiger charge is -2.30. The molecular formula is C47H35N. The second-order valence-corrected chi connectivity index (χ2v) is 13.2. The molecule has 1 aliphatic carbocycles. The van der Waals surface area contributed by atoms with E-state index in [2.05, 4.69) is 183 Å². The largest absolute Gasteiger partial charge is 0.309 e. The van der Waals surface area contributed by atoms with E-state index in [1.54, 1.807) is 0 Å². The smallest absolute Gasteiger partial charge is 0.0618 e. The maximum atomic E-state index is 2.44. The Kier molecular flexibility index (Phi) is 6.55. The number of hydrogen-bond acceptors (Lipinski definition) is 1. The zero-order chi connectivity index (χ0) is 32.4. The quantitative estimate of drug-likeness (QED) is 0.175. The van der Waals surface area contributed by atoms with Gasteiger partial charge in [-0.25, -0.2) is 0 Å². The lowest BCUT2D eigenvalue weighted by molar-refractivity contribution is 1.29. The van der Waals surface area contributed by atoms with Gasteiger partial charge < -0.3 is 4.90 Å². The molecule has 0 fully saturated rings. The molecule has 0 amide bonds. The van der Waals surface area contributed by atoms with Crippen LogP contribution in [-0.4, -0.2) is 0 Å². The summed E-state index contributed by atoms with van der Waals surface area (Å²) in [5, 5.41) is 7.60. The minimum atomic E-state index is 1.15. The Morgan fingerprint density at radius 3 is 1.58 bits per heavy atom. The Labute approximate surface area is 282 Å². The Balaban J connectivity index is 1.32. The molecule has 0 aromatic heterocycles. The molecule has 1 nitrogen and oxygen atoms in total. The van der Waals surface area contributed by atoms with Crippen molar-refractivity contribution in [2.45, 2.75) is 20.8 Å². The third-order valence-corrected chi connectivity index (χ3v) is 9.91. The Bertz CT molecular complexity index is 2460. The molecule has 0 N–H and O–H groups in total. The normalized spacial score (nSPS) is 12.2. The summed E-state index contributed by atoms with van der Waals surface area (Å²) in [7, 11) is 0. The summed E-state index contributed by atoms with van der Waals surface area (Å²) in [4.78, 5) is 2.44. The number of benzene rings is 8. The van der Waals surface area contributed by atoms with Crippen molar-refractivity contribution in [3.8, 4) is 11.1 Å². The molecule has 0 saturated heterocycles. The molecule has 0 saturated carbocycles. The van der Waals surface area contributed by atoms with Crippen LogP contribution in [-0.2, 0) is 0 Å². The zero-order valence-corrected chi connectivity index (χ0v) is 27.5. The van der Waals surface area contributed by atoms with Gasteiger partial charge in [-0.1, -0.05) is 132 Å². The molecule has 8 aromatic rings. The van der Waals surface area contributed by atoms with Crippen molar-refractivity contribution in [2.75, 3.05) is 4.90 Å². The van der Waals surface area contributed by atoms with Crippen LogP contribution < -0.4 is 4.90 Å². The van der Waals surface area contributed by atoms with E-state index in [0.29, 0.717) is 0 Å². The van der Waals surface area contributed by atoms with Gasteiger partial charge in [-0.15, -0.1) is 0 Å². The summed E-state index contributed by atoms with van der Waals surface area (Å²) >= 11 is 0. The molecule has 0 radical (unpaired) electrons. The number of fused-ring (bicyclic) bond motifs is 2. The standard InChI is InChI=1S/C47H35N/c1-30-18-22-37(23-19-30)48(38-24-20-31(2)21-25-38)47-42-15-6-4-13-39(42)46(40-14-5-7-16-43(40)47)36-27-32(3)26-35(28-36)44-29-34-12-8-10-33-11-9-17-41(44)45(33)34/h4-29H,1-3H3. The molecule has 0 unspecified atom stereocenters. The number of aryl methyl sites for hydroxylation is 3. The molecule has 0 heterocycles. The highest BCUT2D eigenvalue weighted by atomic mass is 15.1. The van der Waals surface area contributed by atoms with Crippen LogP contribution in [0.2, 0.25) is 0 Å². The maximum absolute atomic E-state index is 2.44. The molecule has 0 spiro atoms. The van der Waals surface area contributed by atoms with Crippen LogP contribution in [0.4, 0.5) is 17.1 Å². The summed E-state index contributed by atoms with van der Waals surface area (Å²) < 4.78 is 0. The van der Waals surface area contributed by atoms with Crippen molar-refractivity contribution in [1.29, 1.82) is 0 Å². The minimum absolute atomic E-state index is 1.15. The first kappa shape index (κ1) is 28.3.